The second-order valence-electron chi connectivity index (χ2n) is 17.4. The van der Waals surface area contributed by atoms with Crippen LogP contribution >= 0.6 is 0 Å². The zero-order valence-electron chi connectivity index (χ0n) is 34.0. The lowest BCUT2D eigenvalue weighted by Crippen LogP contribution is -2.41. The van der Waals surface area contributed by atoms with Crippen molar-refractivity contribution >= 4 is 56.5 Å². The molecule has 288 valence electrons. The summed E-state index contributed by atoms with van der Waals surface area (Å²) in [5.41, 5.74) is 14.8. The molecule has 0 atom stereocenters. The third-order valence-electron chi connectivity index (χ3n) is 13.7. The van der Waals surface area contributed by atoms with Crippen LogP contribution in [-0.2, 0) is 14.7 Å². The molecule has 10 aromatic rings. The summed E-state index contributed by atoms with van der Waals surface area (Å²) >= 11 is 0. The first-order valence-corrected chi connectivity index (χ1v) is 20.8. The highest BCUT2D eigenvalue weighted by atomic mass is 16.7. The van der Waals surface area contributed by atoms with Crippen LogP contribution in [0.15, 0.2) is 185 Å². The summed E-state index contributed by atoms with van der Waals surface area (Å²) in [6.07, 6.45) is 0. The monoisotopic (exact) mass is 776 g/mol. The first kappa shape index (κ1) is 35.3. The third kappa shape index (κ3) is 4.88. The predicted octanol–water partition coefficient (Wildman–Crippen LogP) is 13.5. The van der Waals surface area contributed by atoms with Gasteiger partial charge in [0.2, 0.25) is 0 Å². The van der Waals surface area contributed by atoms with E-state index < -0.39 is 23.7 Å². The lowest BCUT2D eigenvalue weighted by atomic mass is 9.67. The molecule has 0 spiro atoms. The van der Waals surface area contributed by atoms with Gasteiger partial charge in [0.15, 0.2) is 0 Å². The first-order valence-electron chi connectivity index (χ1n) is 20.8. The van der Waals surface area contributed by atoms with Crippen molar-refractivity contribution in [2.24, 2.45) is 0 Å². The molecule has 60 heavy (non-hydrogen) atoms. The van der Waals surface area contributed by atoms with Crippen molar-refractivity contribution in [3.05, 3.63) is 198 Å². The molecule has 1 aliphatic heterocycles. The molecule has 0 unspecified atom stereocenters. The second kappa shape index (κ2) is 12.7. The smallest absolute Gasteiger partial charge is 0.456 e. The normalized spacial score (nSPS) is 16.2. The summed E-state index contributed by atoms with van der Waals surface area (Å²) in [6.45, 7) is 8.33. The third-order valence-corrected chi connectivity index (χ3v) is 13.7. The minimum absolute atomic E-state index is 0.456. The van der Waals surface area contributed by atoms with E-state index in [9.17, 15) is 0 Å². The molecule has 1 saturated heterocycles. The molecule has 4 nitrogen and oxygen atoms in total. The van der Waals surface area contributed by atoms with E-state index in [0.717, 1.165) is 71.6 Å². The van der Waals surface area contributed by atoms with Crippen molar-refractivity contribution in [1.29, 1.82) is 0 Å². The topological polar surface area (TPSA) is 44.7 Å². The Bertz CT molecular complexity index is 3270. The van der Waals surface area contributed by atoms with Crippen molar-refractivity contribution in [2.45, 2.75) is 44.3 Å². The van der Waals surface area contributed by atoms with E-state index in [1.54, 1.807) is 0 Å². The van der Waals surface area contributed by atoms with Gasteiger partial charge in [-0.2, -0.15) is 0 Å². The molecule has 8 aromatic carbocycles. The van der Waals surface area contributed by atoms with Crippen LogP contribution in [0, 0.1) is 0 Å². The van der Waals surface area contributed by atoms with E-state index in [4.69, 9.17) is 18.1 Å². The average Bonchev–Trinajstić information content (AvgIpc) is 4.00. The fraction of sp³-hybridized carbons (Fsp3) is 0.127. The maximum absolute atomic E-state index is 6.85. The van der Waals surface area contributed by atoms with E-state index >= 15 is 0 Å². The Hall–Kier alpha value is -6.66. The van der Waals surface area contributed by atoms with Crippen LogP contribution in [0.4, 0.5) is 0 Å². The van der Waals surface area contributed by atoms with Gasteiger partial charge in [0.05, 0.1) is 16.6 Å². The van der Waals surface area contributed by atoms with E-state index in [2.05, 4.69) is 191 Å². The Morgan fingerprint density at radius 3 is 1.38 bits per heavy atom. The molecule has 0 radical (unpaired) electrons. The summed E-state index contributed by atoms with van der Waals surface area (Å²) < 4.78 is 26.3. The van der Waals surface area contributed by atoms with Crippen LogP contribution in [0.2, 0.25) is 0 Å². The molecule has 0 bridgehead atoms. The van der Waals surface area contributed by atoms with E-state index in [-0.39, 0.29) is 0 Å². The van der Waals surface area contributed by atoms with Gasteiger partial charge in [-0.3, -0.25) is 0 Å². The molecular formula is C55H41BO4. The van der Waals surface area contributed by atoms with Gasteiger partial charge in [-0.05, 0) is 78.3 Å². The highest BCUT2D eigenvalue weighted by molar-refractivity contribution is 6.65. The number of hydrogen-bond donors (Lipinski definition) is 0. The molecular weight excluding hydrogens is 735 g/mol. The van der Waals surface area contributed by atoms with Crippen LogP contribution in [0.3, 0.4) is 0 Å². The van der Waals surface area contributed by atoms with Gasteiger partial charge in [-0.1, -0.05) is 170 Å². The molecule has 1 fully saturated rings. The fourth-order valence-corrected chi connectivity index (χ4v) is 10.0. The predicted molar refractivity (Wildman–Crippen MR) is 245 cm³/mol. The number of para-hydroxylation sites is 4. The first-order chi connectivity index (χ1) is 29.2. The van der Waals surface area contributed by atoms with Crippen LogP contribution in [0.1, 0.15) is 49.9 Å². The molecule has 0 amide bonds. The molecule has 3 heterocycles. The van der Waals surface area contributed by atoms with Gasteiger partial charge in [0.25, 0.3) is 0 Å². The van der Waals surface area contributed by atoms with Crippen molar-refractivity contribution in [3.63, 3.8) is 0 Å². The molecule has 0 N–H and O–H groups in total. The summed E-state index contributed by atoms with van der Waals surface area (Å²) in [4.78, 5) is 0. The Morgan fingerprint density at radius 2 is 0.800 bits per heavy atom. The van der Waals surface area contributed by atoms with E-state index in [0.29, 0.717) is 0 Å². The van der Waals surface area contributed by atoms with Gasteiger partial charge in [0, 0.05) is 38.1 Å². The van der Waals surface area contributed by atoms with E-state index in [1.165, 1.54) is 33.4 Å². The van der Waals surface area contributed by atoms with Crippen molar-refractivity contribution < 1.29 is 18.1 Å². The summed E-state index contributed by atoms with van der Waals surface area (Å²) in [6, 6.07) is 63.5. The molecule has 12 rings (SSSR count). The van der Waals surface area contributed by atoms with Crippen LogP contribution in [-0.4, -0.2) is 18.3 Å². The van der Waals surface area contributed by atoms with Crippen LogP contribution < -0.4 is 5.46 Å². The Balaban J connectivity index is 0.994. The molecule has 0 saturated carbocycles. The SMILES string of the molecule is CC1(C)OB(c2cccc3c2oc2c(-c4ccc(C5(c6ccc(-c7cccc8c7oc7ccccc78)cc6)c6ccccc6-c6ccccc65)cc4)cccc23)OC1(C)C. The Labute approximate surface area is 349 Å². The van der Waals surface area contributed by atoms with Gasteiger partial charge in [0.1, 0.15) is 22.3 Å². The second-order valence-corrected chi connectivity index (χ2v) is 17.4. The average molecular weight is 777 g/mol. The summed E-state index contributed by atoms with van der Waals surface area (Å²) in [5.74, 6) is 0. The van der Waals surface area contributed by atoms with Gasteiger partial charge in [-0.15, -0.1) is 0 Å². The lowest BCUT2D eigenvalue weighted by molar-refractivity contribution is 0.00578. The molecule has 5 heteroatoms. The van der Waals surface area contributed by atoms with Gasteiger partial charge >= 0.3 is 7.12 Å². The summed E-state index contributed by atoms with van der Waals surface area (Å²) in [5, 5.41) is 4.38. The van der Waals surface area contributed by atoms with Crippen molar-refractivity contribution in [3.8, 4) is 33.4 Å². The summed E-state index contributed by atoms with van der Waals surface area (Å²) in [7, 11) is -0.525. The van der Waals surface area contributed by atoms with Crippen LogP contribution in [0.5, 0.6) is 0 Å². The number of rotatable bonds is 5. The van der Waals surface area contributed by atoms with Gasteiger partial charge in [-0.25, -0.2) is 0 Å². The maximum Gasteiger partial charge on any atom is 0.498 e. The molecule has 2 aromatic heterocycles. The number of furan rings is 2. The van der Waals surface area contributed by atoms with Crippen molar-refractivity contribution in [2.75, 3.05) is 0 Å². The Morgan fingerprint density at radius 1 is 0.367 bits per heavy atom. The highest BCUT2D eigenvalue weighted by Gasteiger charge is 2.52. The lowest BCUT2D eigenvalue weighted by Gasteiger charge is -2.34. The van der Waals surface area contributed by atoms with Crippen LogP contribution in [0.25, 0.3) is 77.3 Å². The minimum atomic E-state index is -0.543. The zero-order valence-corrected chi connectivity index (χ0v) is 34.0. The highest BCUT2D eigenvalue weighted by Crippen LogP contribution is 2.56. The number of fused-ring (bicyclic) bond motifs is 9. The standard InChI is InChI=1S/C55H41BO4/c1-53(2)54(3,4)60-56(59-53)48-24-13-21-45-44-20-12-18-39(51(44)58-52(45)48)35-28-32-37(33-29-35)55(46-22-8-5-14-40(46)41-15-6-9-23-47(41)55)36-30-26-34(27-31-36)38-17-11-19-43-42-16-7-10-25-49(42)57-50(38)43/h5-33H,1-4H3. The minimum Gasteiger partial charge on any atom is -0.456 e. The zero-order chi connectivity index (χ0) is 40.4. The Kier molecular flexibility index (Phi) is 7.46. The molecule has 2 aliphatic rings. The number of hydrogen-bond acceptors (Lipinski definition) is 4. The fourth-order valence-electron chi connectivity index (χ4n) is 10.0. The number of benzene rings is 8. The van der Waals surface area contributed by atoms with Crippen molar-refractivity contribution in [1.82, 2.24) is 0 Å². The molecule has 1 aliphatic carbocycles. The largest absolute Gasteiger partial charge is 0.498 e. The quantitative estimate of drug-likeness (QED) is 0.163. The van der Waals surface area contributed by atoms with Gasteiger partial charge < -0.3 is 18.1 Å². The van der Waals surface area contributed by atoms with E-state index in [1.807, 2.05) is 12.1 Å². The maximum atomic E-state index is 6.85.